The smallest absolute Gasteiger partial charge is 0.241 e. The van der Waals surface area contributed by atoms with Crippen LogP contribution in [0.15, 0.2) is 11.4 Å². The average molecular weight is 305 g/mol. The Morgan fingerprint density at radius 1 is 1.33 bits per heavy atom. The number of aromatic nitrogens is 2. The van der Waals surface area contributed by atoms with Gasteiger partial charge in [-0.2, -0.15) is 4.98 Å². The summed E-state index contributed by atoms with van der Waals surface area (Å²) in [6.45, 7) is 2.03. The highest BCUT2D eigenvalue weighted by atomic mass is 32.1. The summed E-state index contributed by atoms with van der Waals surface area (Å²) in [5.74, 6) is 1.43. The molecule has 0 aromatic carbocycles. The quantitative estimate of drug-likeness (QED) is 0.906. The van der Waals surface area contributed by atoms with E-state index in [0.717, 1.165) is 42.0 Å². The molecule has 2 N–H and O–H groups in total. The van der Waals surface area contributed by atoms with E-state index in [-0.39, 0.29) is 12.5 Å². The Hall–Kier alpha value is -1.89. The Labute approximate surface area is 127 Å². The molecule has 2 aromatic rings. The Bertz CT molecular complexity index is 635. The van der Waals surface area contributed by atoms with Crippen LogP contribution in [0.5, 0.6) is 0 Å². The van der Waals surface area contributed by atoms with E-state index in [1.54, 1.807) is 18.4 Å². The number of carbonyl (C=O) groups excluding carboxylic acids is 1. The second-order valence-electron chi connectivity index (χ2n) is 5.08. The van der Waals surface area contributed by atoms with Crippen molar-refractivity contribution in [2.45, 2.75) is 19.3 Å². The Morgan fingerprint density at radius 2 is 2.14 bits per heavy atom. The molecule has 0 radical (unpaired) electrons. The largest absolute Gasteiger partial charge is 0.360 e. The second-order valence-corrected chi connectivity index (χ2v) is 5.97. The fraction of sp³-hybridized carbons (Fsp3) is 0.500. The van der Waals surface area contributed by atoms with E-state index >= 15 is 0 Å². The monoisotopic (exact) mass is 305 g/mol. The Morgan fingerprint density at radius 3 is 2.90 bits per heavy atom. The molecule has 3 rings (SSSR count). The number of hydrogen-bond acceptors (Lipinski definition) is 6. The third-order valence-corrected chi connectivity index (χ3v) is 4.47. The summed E-state index contributed by atoms with van der Waals surface area (Å²) in [4.78, 5) is 23.9. The molecule has 7 heteroatoms. The van der Waals surface area contributed by atoms with Gasteiger partial charge in [0.15, 0.2) is 0 Å². The summed E-state index contributed by atoms with van der Waals surface area (Å²) in [7, 11) is 1.79. The number of thiophene rings is 1. The van der Waals surface area contributed by atoms with Gasteiger partial charge in [0.25, 0.3) is 0 Å². The van der Waals surface area contributed by atoms with Gasteiger partial charge < -0.3 is 15.5 Å². The van der Waals surface area contributed by atoms with Gasteiger partial charge in [0.2, 0.25) is 11.9 Å². The van der Waals surface area contributed by atoms with Crippen LogP contribution in [0.3, 0.4) is 0 Å². The van der Waals surface area contributed by atoms with E-state index in [0.29, 0.717) is 5.95 Å². The average Bonchev–Trinajstić information content (AvgIpc) is 3.01. The predicted octanol–water partition coefficient (Wildman–Crippen LogP) is 2.16. The third-order valence-electron chi connectivity index (χ3n) is 3.66. The molecule has 1 aliphatic rings. The van der Waals surface area contributed by atoms with Gasteiger partial charge in [-0.3, -0.25) is 4.79 Å². The maximum absolute atomic E-state index is 12.2. The third kappa shape index (κ3) is 3.07. The zero-order valence-electron chi connectivity index (χ0n) is 12.1. The highest BCUT2D eigenvalue weighted by Gasteiger charge is 2.17. The molecule has 1 aliphatic heterocycles. The summed E-state index contributed by atoms with van der Waals surface area (Å²) in [5, 5.41) is 9.07. The lowest BCUT2D eigenvalue weighted by molar-refractivity contribution is -0.130. The second kappa shape index (κ2) is 6.26. The Kier molecular flexibility index (Phi) is 4.19. The van der Waals surface area contributed by atoms with Crippen LogP contribution in [0.4, 0.5) is 11.8 Å². The predicted molar refractivity (Wildman–Crippen MR) is 85.9 cm³/mol. The summed E-state index contributed by atoms with van der Waals surface area (Å²) in [6, 6.07) is 1.98. The minimum atomic E-state index is 0.141. The van der Waals surface area contributed by atoms with E-state index in [2.05, 4.69) is 20.6 Å². The lowest BCUT2D eigenvalue weighted by atomic mass is 10.1. The minimum absolute atomic E-state index is 0.141. The SMILES string of the molecule is CNc1nc(NCC(=O)N2CCCCC2)c2ccsc2n1. The van der Waals surface area contributed by atoms with Gasteiger partial charge in [0, 0.05) is 20.1 Å². The number of rotatable bonds is 4. The van der Waals surface area contributed by atoms with E-state index in [1.165, 1.54) is 6.42 Å². The van der Waals surface area contributed by atoms with Crippen LogP contribution in [0.25, 0.3) is 10.2 Å². The topological polar surface area (TPSA) is 70.2 Å². The molecule has 0 saturated carbocycles. The van der Waals surface area contributed by atoms with Crippen LogP contribution in [0.2, 0.25) is 0 Å². The first kappa shape index (κ1) is 14.1. The van der Waals surface area contributed by atoms with Gasteiger partial charge in [-0.25, -0.2) is 4.98 Å². The van der Waals surface area contributed by atoms with Crippen LogP contribution in [0, 0.1) is 0 Å². The number of anilines is 2. The van der Waals surface area contributed by atoms with Gasteiger partial charge in [-0.15, -0.1) is 11.3 Å². The van der Waals surface area contributed by atoms with Crippen molar-refractivity contribution in [1.82, 2.24) is 14.9 Å². The van der Waals surface area contributed by atoms with Crippen LogP contribution in [-0.4, -0.2) is 47.5 Å². The molecule has 3 heterocycles. The van der Waals surface area contributed by atoms with E-state index in [1.807, 2.05) is 16.3 Å². The minimum Gasteiger partial charge on any atom is -0.360 e. The first-order chi connectivity index (χ1) is 10.3. The van der Waals surface area contributed by atoms with Gasteiger partial charge in [0.1, 0.15) is 10.6 Å². The molecule has 1 saturated heterocycles. The van der Waals surface area contributed by atoms with Crippen molar-refractivity contribution in [3.05, 3.63) is 11.4 Å². The number of hydrogen-bond donors (Lipinski definition) is 2. The van der Waals surface area contributed by atoms with Gasteiger partial charge in [0.05, 0.1) is 11.9 Å². The molecule has 21 heavy (non-hydrogen) atoms. The zero-order chi connectivity index (χ0) is 14.7. The molecule has 112 valence electrons. The number of likely N-dealkylation sites (tertiary alicyclic amines) is 1. The molecule has 0 spiro atoms. The molecular weight excluding hydrogens is 286 g/mol. The lowest BCUT2D eigenvalue weighted by Gasteiger charge is -2.26. The van der Waals surface area contributed by atoms with E-state index in [4.69, 9.17) is 0 Å². The van der Waals surface area contributed by atoms with E-state index in [9.17, 15) is 4.79 Å². The number of carbonyl (C=O) groups is 1. The van der Waals surface area contributed by atoms with Crippen molar-refractivity contribution >= 4 is 39.2 Å². The van der Waals surface area contributed by atoms with Crippen molar-refractivity contribution in [3.8, 4) is 0 Å². The normalized spacial score (nSPS) is 15.2. The number of amides is 1. The van der Waals surface area contributed by atoms with Crippen LogP contribution in [0.1, 0.15) is 19.3 Å². The highest BCUT2D eigenvalue weighted by molar-refractivity contribution is 7.16. The van der Waals surface area contributed by atoms with Gasteiger partial charge in [-0.1, -0.05) is 0 Å². The maximum atomic E-state index is 12.2. The molecule has 1 fully saturated rings. The Balaban J connectivity index is 1.72. The van der Waals surface area contributed by atoms with Crippen molar-refractivity contribution in [2.24, 2.45) is 0 Å². The molecule has 2 aromatic heterocycles. The first-order valence-electron chi connectivity index (χ1n) is 7.22. The van der Waals surface area contributed by atoms with Crippen molar-refractivity contribution in [1.29, 1.82) is 0 Å². The van der Waals surface area contributed by atoms with E-state index < -0.39 is 0 Å². The maximum Gasteiger partial charge on any atom is 0.241 e. The molecule has 1 amide bonds. The van der Waals surface area contributed by atoms with Gasteiger partial charge in [-0.05, 0) is 30.7 Å². The molecule has 0 aliphatic carbocycles. The molecule has 0 unspecified atom stereocenters. The fourth-order valence-corrected chi connectivity index (χ4v) is 3.28. The van der Waals surface area contributed by atoms with Crippen LogP contribution >= 0.6 is 11.3 Å². The van der Waals surface area contributed by atoms with Crippen molar-refractivity contribution in [2.75, 3.05) is 37.3 Å². The summed E-state index contributed by atoms with van der Waals surface area (Å²) >= 11 is 1.57. The standard InChI is InChI=1S/C14H19N5OS/c1-15-14-17-12(10-5-8-21-13(10)18-14)16-9-11(20)19-6-3-2-4-7-19/h5,8H,2-4,6-7,9H2,1H3,(H2,15,16,17,18). The molecular formula is C14H19N5OS. The highest BCUT2D eigenvalue weighted by Crippen LogP contribution is 2.26. The zero-order valence-corrected chi connectivity index (χ0v) is 12.9. The van der Waals surface area contributed by atoms with Crippen molar-refractivity contribution in [3.63, 3.8) is 0 Å². The fourth-order valence-electron chi connectivity index (χ4n) is 2.52. The van der Waals surface area contributed by atoms with Gasteiger partial charge >= 0.3 is 0 Å². The summed E-state index contributed by atoms with van der Waals surface area (Å²) in [5.41, 5.74) is 0. The summed E-state index contributed by atoms with van der Waals surface area (Å²) < 4.78 is 0. The van der Waals surface area contributed by atoms with Crippen LogP contribution < -0.4 is 10.6 Å². The first-order valence-corrected chi connectivity index (χ1v) is 8.10. The molecule has 0 atom stereocenters. The number of fused-ring (bicyclic) bond motifs is 1. The number of piperidine rings is 1. The van der Waals surface area contributed by atoms with Crippen molar-refractivity contribution < 1.29 is 4.79 Å². The van der Waals surface area contributed by atoms with Crippen LogP contribution in [-0.2, 0) is 4.79 Å². The molecule has 6 nitrogen and oxygen atoms in total. The summed E-state index contributed by atoms with van der Waals surface area (Å²) in [6.07, 6.45) is 3.44. The lowest BCUT2D eigenvalue weighted by Crippen LogP contribution is -2.39. The number of nitrogens with one attached hydrogen (secondary N) is 2. The number of nitrogens with zero attached hydrogens (tertiary/aromatic N) is 3. The molecule has 0 bridgehead atoms.